The number of hydrogen-bond donors (Lipinski definition) is 2. The van der Waals surface area contributed by atoms with Gasteiger partial charge in [-0.1, -0.05) is 105 Å². The quantitative estimate of drug-likeness (QED) is 0.169. The molecule has 376 valence electrons. The van der Waals surface area contributed by atoms with Crippen LogP contribution in [0.4, 0.5) is 11.6 Å². The molecule has 2 aromatic rings. The van der Waals surface area contributed by atoms with Gasteiger partial charge < -0.3 is 30.0 Å². The first kappa shape index (κ1) is 60.3. The number of nitrogens with zero attached hydrogens (tertiary/aromatic N) is 5. The highest BCUT2D eigenvalue weighted by Crippen LogP contribution is 2.29. The van der Waals surface area contributed by atoms with Gasteiger partial charge in [0.2, 0.25) is 5.95 Å². The van der Waals surface area contributed by atoms with Crippen molar-refractivity contribution in [1.29, 1.82) is 0 Å². The Hall–Kier alpha value is -4.73. The number of carbonyl (C=O) groups excluding carboxylic acids is 2. The van der Waals surface area contributed by atoms with Gasteiger partial charge in [-0.25, -0.2) is 9.97 Å². The molecule has 10 heteroatoms. The van der Waals surface area contributed by atoms with Gasteiger partial charge in [-0.2, -0.15) is 0 Å². The second-order valence-corrected chi connectivity index (χ2v) is 19.0. The molecule has 0 aliphatic carbocycles. The Morgan fingerprint density at radius 2 is 1.58 bits per heavy atom. The van der Waals surface area contributed by atoms with E-state index >= 15 is 0 Å². The summed E-state index contributed by atoms with van der Waals surface area (Å²) < 4.78 is 5.64. The molecule has 10 nitrogen and oxygen atoms in total. The van der Waals surface area contributed by atoms with Crippen molar-refractivity contribution in [2.75, 3.05) is 43.0 Å². The second-order valence-electron chi connectivity index (χ2n) is 19.0. The molecule has 0 spiro atoms. The zero-order chi connectivity index (χ0) is 50.5. The molecule has 3 aliphatic heterocycles. The summed E-state index contributed by atoms with van der Waals surface area (Å²) in [6, 6.07) is 7.10. The smallest absolute Gasteiger partial charge is 0.227 e. The first-order chi connectivity index (χ1) is 31.8. The lowest BCUT2D eigenvalue weighted by Gasteiger charge is -2.34. The number of hydrogen-bond acceptors (Lipinski definition) is 10. The first-order valence-corrected chi connectivity index (χ1v) is 25.7. The minimum Gasteiger partial charge on any atom is -0.490 e. The summed E-state index contributed by atoms with van der Waals surface area (Å²) in [5.41, 5.74) is 10.7. The molecule has 0 atom stereocenters. The van der Waals surface area contributed by atoms with Gasteiger partial charge in [-0.05, 0) is 134 Å². The summed E-state index contributed by atoms with van der Waals surface area (Å²) in [4.78, 5) is 38.9. The van der Waals surface area contributed by atoms with Gasteiger partial charge in [-0.3, -0.25) is 9.79 Å². The van der Waals surface area contributed by atoms with Gasteiger partial charge in [0.15, 0.2) is 0 Å². The molecule has 3 aliphatic rings. The molecular formula is C57H95N7O3. The lowest BCUT2D eigenvalue weighted by Crippen LogP contribution is -2.34. The largest absolute Gasteiger partial charge is 0.490 e. The predicted octanol–water partition coefficient (Wildman–Crippen LogP) is 13.7. The predicted molar refractivity (Wildman–Crippen MR) is 288 cm³/mol. The fourth-order valence-electron chi connectivity index (χ4n) is 7.92. The number of ketones is 2. The number of ether oxygens (including phenoxy) is 1. The number of aliphatic imine (C=N–C) groups is 1. The SMILES string of the molecule is C=C1OCCN/C1=C(C)/C(=C\C)N1CCc2cnc(N/C(C=NC(C)C)=C/C)nc2C1.CC(C)=O.CCC1CCN(c2ccc(C)c(C)c2)CC1.CCCC(=O)C(C)C.CCCC(C)CCC. The molecule has 0 saturated carbocycles. The number of Topliss-reactive ketones (excluding diaryl/α,β-unsaturated/α-hetero) is 2. The van der Waals surface area contributed by atoms with Crippen molar-refractivity contribution >= 4 is 29.4 Å². The number of piperidine rings is 1. The van der Waals surface area contributed by atoms with Crippen molar-refractivity contribution in [2.24, 2.45) is 22.7 Å². The van der Waals surface area contributed by atoms with E-state index in [1.54, 1.807) is 0 Å². The molecule has 2 saturated heterocycles. The first-order valence-electron chi connectivity index (χ1n) is 25.7. The summed E-state index contributed by atoms with van der Waals surface area (Å²) >= 11 is 0. The minimum atomic E-state index is 0.167. The van der Waals surface area contributed by atoms with Gasteiger partial charge in [0.25, 0.3) is 0 Å². The van der Waals surface area contributed by atoms with Crippen LogP contribution in [0.5, 0.6) is 0 Å². The lowest BCUT2D eigenvalue weighted by molar-refractivity contribution is -0.122. The van der Waals surface area contributed by atoms with Crippen molar-refractivity contribution in [3.05, 3.63) is 93.9 Å². The zero-order valence-corrected chi connectivity index (χ0v) is 45.3. The summed E-state index contributed by atoms with van der Waals surface area (Å²) in [6.07, 6.45) is 20.1. The van der Waals surface area contributed by atoms with Gasteiger partial charge in [0.1, 0.15) is 23.9 Å². The van der Waals surface area contributed by atoms with E-state index in [1.165, 1.54) is 100.0 Å². The van der Waals surface area contributed by atoms with Crippen LogP contribution in [0.2, 0.25) is 0 Å². The molecule has 2 N–H and O–H groups in total. The molecule has 67 heavy (non-hydrogen) atoms. The van der Waals surface area contributed by atoms with Crippen molar-refractivity contribution in [3.8, 4) is 0 Å². The van der Waals surface area contributed by atoms with Crippen molar-refractivity contribution in [1.82, 2.24) is 20.2 Å². The van der Waals surface area contributed by atoms with Crippen LogP contribution in [0, 0.1) is 31.6 Å². The maximum atomic E-state index is 10.7. The fourth-order valence-corrected chi connectivity index (χ4v) is 7.92. The van der Waals surface area contributed by atoms with Crippen LogP contribution in [0.1, 0.15) is 177 Å². The molecule has 0 amide bonds. The molecule has 1 aromatic carbocycles. The van der Waals surface area contributed by atoms with E-state index in [2.05, 4.69) is 117 Å². The van der Waals surface area contributed by atoms with E-state index in [9.17, 15) is 9.59 Å². The van der Waals surface area contributed by atoms with Crippen LogP contribution >= 0.6 is 0 Å². The van der Waals surface area contributed by atoms with Crippen LogP contribution in [0.25, 0.3) is 0 Å². The van der Waals surface area contributed by atoms with E-state index in [0.29, 0.717) is 24.1 Å². The van der Waals surface area contributed by atoms with Crippen molar-refractivity contribution in [2.45, 2.75) is 188 Å². The maximum absolute atomic E-state index is 10.7. The van der Waals surface area contributed by atoms with E-state index in [1.807, 2.05) is 60.0 Å². The van der Waals surface area contributed by atoms with Crippen LogP contribution in [0.3, 0.4) is 0 Å². The Morgan fingerprint density at radius 1 is 0.940 bits per heavy atom. The van der Waals surface area contributed by atoms with Crippen LogP contribution in [-0.2, 0) is 27.3 Å². The normalized spacial score (nSPS) is 16.0. The average Bonchev–Trinajstić information content (AvgIpc) is 3.29. The van der Waals surface area contributed by atoms with Gasteiger partial charge in [0.05, 0.1) is 23.6 Å². The van der Waals surface area contributed by atoms with Crippen molar-refractivity contribution in [3.63, 3.8) is 0 Å². The Bertz CT molecular complexity index is 1890. The molecule has 0 unspecified atom stereocenters. The molecule has 5 rings (SSSR count). The summed E-state index contributed by atoms with van der Waals surface area (Å²) in [7, 11) is 0. The summed E-state index contributed by atoms with van der Waals surface area (Å²) in [5.74, 6) is 4.00. The average molecular weight is 926 g/mol. The van der Waals surface area contributed by atoms with E-state index in [0.717, 1.165) is 73.4 Å². The van der Waals surface area contributed by atoms with Gasteiger partial charge in [0, 0.05) is 68.4 Å². The van der Waals surface area contributed by atoms with Gasteiger partial charge in [-0.15, -0.1) is 0 Å². The second kappa shape index (κ2) is 33.7. The number of carbonyl (C=O) groups is 2. The van der Waals surface area contributed by atoms with Crippen LogP contribution in [0.15, 0.2) is 76.5 Å². The third-order valence-electron chi connectivity index (χ3n) is 12.1. The van der Waals surface area contributed by atoms with E-state index < -0.39 is 0 Å². The zero-order valence-electron chi connectivity index (χ0n) is 45.3. The number of aryl methyl sites for hydroxylation is 2. The highest BCUT2D eigenvalue weighted by Gasteiger charge is 2.24. The minimum absolute atomic E-state index is 0.167. The maximum Gasteiger partial charge on any atom is 0.227 e. The molecule has 1 aromatic heterocycles. The number of fused-ring (bicyclic) bond motifs is 1. The monoisotopic (exact) mass is 926 g/mol. The Labute approximate surface area is 409 Å². The van der Waals surface area contributed by atoms with E-state index in [4.69, 9.17) is 9.72 Å². The fraction of sp³-hybridized carbons (Fsp3) is 0.632. The standard InChI is InChI=1S/C24H34N6O.C15H23N.C8H18.C7H14O.C3H6O/c1-7-20(14-26-16(3)4)28-24-27-13-19-9-11-30(15-21(19)29-24)22(8-2)17(5)23-18(6)31-12-10-25-23;1-4-14-7-9-16(10-8-14)15-6-5-12(2)13(3)11-15;1-4-6-8(3)7-5-2;1-4-5-7(8)6(2)3;1-3(2)4/h7-8,13-14,16,25H,6,9-12,15H2,1-5H3,(H,27,28,29);5-6,11,14H,4,7-10H2,1-3H3;8H,4-7H2,1-3H3;6H,4-5H2,1-3H3;1-2H3/b20-7+,22-8+,23-17+,26-14?;;;;. The van der Waals surface area contributed by atoms with Crippen LogP contribution in [-0.4, -0.2) is 71.5 Å². The highest BCUT2D eigenvalue weighted by atomic mass is 16.5. The Morgan fingerprint density at radius 3 is 2.07 bits per heavy atom. The summed E-state index contributed by atoms with van der Waals surface area (Å²) in [6.45, 7) is 42.4. The topological polar surface area (TPSA) is 112 Å². The summed E-state index contributed by atoms with van der Waals surface area (Å²) in [5, 5.41) is 6.71. The Balaban J connectivity index is 0.000000514. The number of benzene rings is 1. The highest BCUT2D eigenvalue weighted by molar-refractivity contribution is 5.82. The lowest BCUT2D eigenvalue weighted by atomic mass is 9.94. The number of allylic oxidation sites excluding steroid dienone is 4. The molecule has 2 fully saturated rings. The van der Waals surface area contributed by atoms with Gasteiger partial charge >= 0.3 is 0 Å². The third kappa shape index (κ3) is 23.7. The number of nitrogens with one attached hydrogen (secondary N) is 2. The Kier molecular flexibility index (Phi) is 30.3. The molecular weight excluding hydrogens is 831 g/mol. The van der Waals surface area contributed by atoms with E-state index in [-0.39, 0.29) is 17.7 Å². The van der Waals surface area contributed by atoms with Crippen LogP contribution < -0.4 is 15.5 Å². The third-order valence-corrected chi connectivity index (χ3v) is 12.1. The molecule has 4 heterocycles. The number of aromatic nitrogens is 2. The molecule has 0 radical (unpaired) electrons. The number of morpholine rings is 1. The number of anilines is 2. The number of rotatable bonds is 15. The molecule has 0 bridgehead atoms. The van der Waals surface area contributed by atoms with Crippen molar-refractivity contribution < 1.29 is 14.3 Å².